The smallest absolute Gasteiger partial charge is 0.311 e. The third kappa shape index (κ3) is 2.81. The maximum absolute atomic E-state index is 12.4. The number of amides is 1. The van der Waals surface area contributed by atoms with Crippen LogP contribution in [0, 0.1) is 5.92 Å². The Kier molecular flexibility index (Phi) is 4.36. The fourth-order valence-electron chi connectivity index (χ4n) is 2.35. The van der Waals surface area contributed by atoms with E-state index in [1.54, 1.807) is 31.3 Å². The quantitative estimate of drug-likeness (QED) is 0.823. The van der Waals surface area contributed by atoms with Gasteiger partial charge in [0.25, 0.3) is 0 Å². The van der Waals surface area contributed by atoms with E-state index in [1.165, 1.54) is 4.90 Å². The van der Waals surface area contributed by atoms with Crippen LogP contribution in [0.4, 0.5) is 0 Å². The summed E-state index contributed by atoms with van der Waals surface area (Å²) in [4.78, 5) is 24.9. The molecule has 0 saturated carbocycles. The molecule has 1 heterocycles. The molecule has 6 nitrogen and oxygen atoms in total. The van der Waals surface area contributed by atoms with E-state index in [-0.39, 0.29) is 19.1 Å². The van der Waals surface area contributed by atoms with Crippen LogP contribution in [0.2, 0.25) is 0 Å². The van der Waals surface area contributed by atoms with Crippen molar-refractivity contribution in [2.24, 2.45) is 11.7 Å². The van der Waals surface area contributed by atoms with Crippen LogP contribution < -0.4 is 5.73 Å². The number of benzene rings is 1. The molecule has 1 aliphatic rings. The van der Waals surface area contributed by atoms with Crippen LogP contribution in [0.15, 0.2) is 30.3 Å². The Labute approximate surface area is 117 Å². The Morgan fingerprint density at radius 3 is 2.60 bits per heavy atom. The largest absolute Gasteiger partial charge is 0.481 e. The third-order valence-corrected chi connectivity index (χ3v) is 3.64. The van der Waals surface area contributed by atoms with Crippen LogP contribution >= 0.6 is 0 Å². The number of carboxylic acids is 1. The monoisotopic (exact) mass is 278 g/mol. The van der Waals surface area contributed by atoms with Gasteiger partial charge in [-0.2, -0.15) is 0 Å². The summed E-state index contributed by atoms with van der Waals surface area (Å²) in [5.74, 6) is -1.97. The number of nitrogens with zero attached hydrogens (tertiary/aromatic N) is 1. The molecule has 3 atom stereocenters. The molecule has 2 unspecified atom stereocenters. The fourth-order valence-corrected chi connectivity index (χ4v) is 2.35. The number of hydrogen-bond donors (Lipinski definition) is 2. The molecule has 1 saturated heterocycles. The summed E-state index contributed by atoms with van der Waals surface area (Å²) in [5, 5.41) is 9.12. The van der Waals surface area contributed by atoms with Crippen molar-refractivity contribution in [1.82, 2.24) is 4.90 Å². The van der Waals surface area contributed by atoms with E-state index in [1.807, 2.05) is 6.07 Å². The highest BCUT2D eigenvalue weighted by molar-refractivity contribution is 5.84. The summed E-state index contributed by atoms with van der Waals surface area (Å²) < 4.78 is 5.17. The van der Waals surface area contributed by atoms with Crippen LogP contribution in [0.3, 0.4) is 0 Å². The minimum atomic E-state index is -0.958. The van der Waals surface area contributed by atoms with Gasteiger partial charge in [-0.1, -0.05) is 30.3 Å². The second-order valence-electron chi connectivity index (χ2n) is 4.89. The van der Waals surface area contributed by atoms with Crippen LogP contribution in [0.25, 0.3) is 0 Å². The molecule has 108 valence electrons. The molecule has 1 amide bonds. The topological polar surface area (TPSA) is 92.9 Å². The average Bonchev–Trinajstić information content (AvgIpc) is 2.95. The standard InChI is InChI=1S/C14H18N2O4/c1-16(11-8-20-7-10(11)14(18)19)13(17)12(15)9-5-3-2-4-6-9/h2-6,10-12H,7-8,15H2,1H3,(H,18,19)/t10?,11?,12-/m1/s1. The van der Waals surface area contributed by atoms with Crippen LogP contribution in [-0.2, 0) is 14.3 Å². The number of carbonyl (C=O) groups excluding carboxylic acids is 1. The molecule has 1 aromatic carbocycles. The predicted molar refractivity (Wildman–Crippen MR) is 71.9 cm³/mol. The average molecular weight is 278 g/mol. The van der Waals surface area contributed by atoms with Crippen molar-refractivity contribution in [3.8, 4) is 0 Å². The van der Waals surface area contributed by atoms with Crippen molar-refractivity contribution in [2.45, 2.75) is 12.1 Å². The number of rotatable bonds is 4. The van der Waals surface area contributed by atoms with Crippen molar-refractivity contribution in [1.29, 1.82) is 0 Å². The predicted octanol–water partition coefficient (Wildman–Crippen LogP) is 0.244. The van der Waals surface area contributed by atoms with Crippen molar-refractivity contribution >= 4 is 11.9 Å². The van der Waals surface area contributed by atoms with E-state index in [0.717, 1.165) is 0 Å². The number of ether oxygens (including phenoxy) is 1. The second-order valence-corrected chi connectivity index (χ2v) is 4.89. The lowest BCUT2D eigenvalue weighted by molar-refractivity contribution is -0.144. The molecule has 0 bridgehead atoms. The van der Waals surface area contributed by atoms with E-state index in [4.69, 9.17) is 15.6 Å². The van der Waals surface area contributed by atoms with Gasteiger partial charge in [0, 0.05) is 7.05 Å². The Hall–Kier alpha value is -1.92. The lowest BCUT2D eigenvalue weighted by Crippen LogP contribution is -2.47. The van der Waals surface area contributed by atoms with E-state index >= 15 is 0 Å². The van der Waals surface area contributed by atoms with E-state index in [2.05, 4.69) is 0 Å². The van der Waals surface area contributed by atoms with Crippen molar-refractivity contribution in [3.05, 3.63) is 35.9 Å². The zero-order valence-corrected chi connectivity index (χ0v) is 11.2. The molecule has 0 aromatic heterocycles. The molecule has 20 heavy (non-hydrogen) atoms. The molecule has 0 spiro atoms. The van der Waals surface area contributed by atoms with Crippen LogP contribution in [0.5, 0.6) is 0 Å². The zero-order valence-electron chi connectivity index (χ0n) is 11.2. The van der Waals surface area contributed by atoms with Gasteiger partial charge in [-0.3, -0.25) is 9.59 Å². The lowest BCUT2D eigenvalue weighted by Gasteiger charge is -2.28. The first-order valence-electron chi connectivity index (χ1n) is 6.40. The second kappa shape index (κ2) is 6.02. The van der Waals surface area contributed by atoms with Gasteiger partial charge in [-0.05, 0) is 5.56 Å². The SMILES string of the molecule is CN(C(=O)[C@H](N)c1ccccc1)C1COCC1C(=O)O. The van der Waals surface area contributed by atoms with Crippen LogP contribution in [-0.4, -0.2) is 48.2 Å². The molecule has 6 heteroatoms. The maximum atomic E-state index is 12.4. The van der Waals surface area contributed by atoms with Gasteiger partial charge in [0.1, 0.15) is 12.0 Å². The molecule has 2 rings (SSSR count). The van der Waals surface area contributed by atoms with Gasteiger partial charge in [-0.25, -0.2) is 0 Å². The molecule has 1 aliphatic heterocycles. The van der Waals surface area contributed by atoms with Gasteiger partial charge in [0.05, 0.1) is 19.3 Å². The molecule has 1 aromatic rings. The van der Waals surface area contributed by atoms with Crippen molar-refractivity contribution < 1.29 is 19.4 Å². The Morgan fingerprint density at radius 1 is 1.35 bits per heavy atom. The van der Waals surface area contributed by atoms with E-state index < -0.39 is 24.0 Å². The molecule has 1 fully saturated rings. The Morgan fingerprint density at radius 2 is 2.00 bits per heavy atom. The normalized spacial score (nSPS) is 23.3. The maximum Gasteiger partial charge on any atom is 0.311 e. The number of hydrogen-bond acceptors (Lipinski definition) is 4. The van der Waals surface area contributed by atoms with Gasteiger partial charge in [0.2, 0.25) is 5.91 Å². The first-order valence-corrected chi connectivity index (χ1v) is 6.40. The summed E-state index contributed by atoms with van der Waals surface area (Å²) in [6, 6.07) is 7.73. The molecular weight excluding hydrogens is 260 g/mol. The third-order valence-electron chi connectivity index (χ3n) is 3.64. The number of carboxylic acid groups (broad SMARTS) is 1. The number of aliphatic carboxylic acids is 1. The van der Waals surface area contributed by atoms with Gasteiger partial charge >= 0.3 is 5.97 Å². The molecule has 0 aliphatic carbocycles. The lowest BCUT2D eigenvalue weighted by atomic mass is 10.0. The highest BCUT2D eigenvalue weighted by Gasteiger charge is 2.39. The molecule has 0 radical (unpaired) electrons. The van der Waals surface area contributed by atoms with Crippen molar-refractivity contribution in [2.75, 3.05) is 20.3 Å². The van der Waals surface area contributed by atoms with E-state index in [9.17, 15) is 9.59 Å². The minimum absolute atomic E-state index is 0.123. The Bertz CT molecular complexity index is 491. The van der Waals surface area contributed by atoms with Gasteiger partial charge < -0.3 is 20.5 Å². The number of likely N-dealkylation sites (N-methyl/N-ethyl adjacent to an activating group) is 1. The number of carbonyl (C=O) groups is 2. The van der Waals surface area contributed by atoms with Gasteiger partial charge in [0.15, 0.2) is 0 Å². The van der Waals surface area contributed by atoms with Gasteiger partial charge in [-0.15, -0.1) is 0 Å². The summed E-state index contributed by atoms with van der Waals surface area (Å²) in [7, 11) is 1.57. The molecule has 3 N–H and O–H groups in total. The summed E-state index contributed by atoms with van der Waals surface area (Å²) in [6.07, 6.45) is 0. The minimum Gasteiger partial charge on any atom is -0.481 e. The number of nitrogens with two attached hydrogens (primary N) is 1. The first-order chi connectivity index (χ1) is 9.52. The van der Waals surface area contributed by atoms with E-state index in [0.29, 0.717) is 5.56 Å². The van der Waals surface area contributed by atoms with Crippen molar-refractivity contribution in [3.63, 3.8) is 0 Å². The highest BCUT2D eigenvalue weighted by atomic mass is 16.5. The first kappa shape index (κ1) is 14.5. The Balaban J connectivity index is 2.10. The van der Waals surface area contributed by atoms with Crippen LogP contribution in [0.1, 0.15) is 11.6 Å². The summed E-state index contributed by atoms with van der Waals surface area (Å²) >= 11 is 0. The summed E-state index contributed by atoms with van der Waals surface area (Å²) in [6.45, 7) is 0.346. The highest BCUT2D eigenvalue weighted by Crippen LogP contribution is 2.22. The molecular formula is C14H18N2O4. The zero-order chi connectivity index (χ0) is 14.7. The fraction of sp³-hybridized carbons (Fsp3) is 0.429. The summed E-state index contributed by atoms with van der Waals surface area (Å²) in [5.41, 5.74) is 6.65.